The molecule has 0 unspecified atom stereocenters. The van der Waals surface area contributed by atoms with Crippen molar-refractivity contribution in [2.75, 3.05) is 10.6 Å². The molecular formula is C47H28Cl2N6O5. The molecule has 4 N–H and O–H groups in total. The molecule has 8 aromatic rings. The van der Waals surface area contributed by atoms with Crippen molar-refractivity contribution in [3.8, 4) is 22.6 Å². The molecule has 13 heteroatoms. The number of amides is 2. The van der Waals surface area contributed by atoms with Crippen molar-refractivity contribution in [3.05, 3.63) is 178 Å². The Balaban J connectivity index is 0.994. The van der Waals surface area contributed by atoms with Gasteiger partial charge in [-0.25, -0.2) is 0 Å². The van der Waals surface area contributed by atoms with E-state index >= 15 is 0 Å². The molecule has 0 aromatic heterocycles. The number of fused-ring (bicyclic) bond motifs is 5. The van der Waals surface area contributed by atoms with Gasteiger partial charge in [0.15, 0.2) is 17.3 Å². The van der Waals surface area contributed by atoms with E-state index in [1.807, 2.05) is 6.07 Å². The van der Waals surface area contributed by atoms with Crippen LogP contribution in [-0.2, 0) is 0 Å². The summed E-state index contributed by atoms with van der Waals surface area (Å²) in [5.74, 6) is -2.15. The van der Waals surface area contributed by atoms with Gasteiger partial charge in [0.1, 0.15) is 11.4 Å². The minimum atomic E-state index is -0.585. The molecule has 8 aromatic carbocycles. The van der Waals surface area contributed by atoms with Gasteiger partial charge in [-0.2, -0.15) is 10.2 Å². The molecule has 0 heterocycles. The van der Waals surface area contributed by atoms with E-state index < -0.39 is 11.8 Å². The first-order chi connectivity index (χ1) is 29.1. The number of hydrogen-bond donors (Lipinski definition) is 4. The smallest absolute Gasteiger partial charge is 0.259 e. The first-order valence-corrected chi connectivity index (χ1v) is 19.2. The van der Waals surface area contributed by atoms with Gasteiger partial charge in [0.25, 0.3) is 11.8 Å². The van der Waals surface area contributed by atoms with E-state index in [1.165, 1.54) is 0 Å². The van der Waals surface area contributed by atoms with Gasteiger partial charge in [0.2, 0.25) is 0 Å². The van der Waals surface area contributed by atoms with Crippen LogP contribution in [0.1, 0.15) is 36.6 Å². The first kappa shape index (κ1) is 37.8. The number of carbonyl (C=O) groups excluding carboxylic acids is 3. The third-order valence-corrected chi connectivity index (χ3v) is 10.6. The fourth-order valence-corrected chi connectivity index (χ4v) is 7.47. The van der Waals surface area contributed by atoms with Gasteiger partial charge in [-0.05, 0) is 88.6 Å². The highest BCUT2D eigenvalue weighted by Crippen LogP contribution is 2.44. The van der Waals surface area contributed by atoms with Crippen LogP contribution in [0.3, 0.4) is 0 Å². The van der Waals surface area contributed by atoms with E-state index in [9.17, 15) is 24.6 Å². The Morgan fingerprint density at radius 1 is 0.500 bits per heavy atom. The highest BCUT2D eigenvalue weighted by molar-refractivity contribution is 6.34. The standard InChI is InChI=1S/C47H28Cl2N6O5/c48-27-10-7-11-28(22-27)50-46(59)37-20-25-8-1-3-12-31(25)41(44(37)57)54-52-29-16-18-33-34-19-17-30(24-36(34)43(56)35(33)23-29)53-55-42-32-13-4-2-9-26(32)21-38(45(42)58)47(60)51-40-15-6-5-14-39(40)49/h1-24,57-58H,(H,50,59)(H,51,60). The second-order valence-electron chi connectivity index (χ2n) is 13.8. The molecule has 1 aliphatic rings. The molecule has 0 bridgehead atoms. The summed E-state index contributed by atoms with van der Waals surface area (Å²) < 4.78 is 0. The number of azo groups is 2. The Morgan fingerprint density at radius 3 is 1.57 bits per heavy atom. The maximum absolute atomic E-state index is 13.9. The van der Waals surface area contributed by atoms with Gasteiger partial charge in [-0.3, -0.25) is 14.4 Å². The van der Waals surface area contributed by atoms with Gasteiger partial charge >= 0.3 is 0 Å². The van der Waals surface area contributed by atoms with E-state index in [-0.39, 0.29) is 39.8 Å². The summed E-state index contributed by atoms with van der Waals surface area (Å²) in [4.78, 5) is 40.5. The van der Waals surface area contributed by atoms with Crippen molar-refractivity contribution in [2.24, 2.45) is 20.5 Å². The number of nitrogens with one attached hydrogen (secondary N) is 2. The SMILES string of the molecule is O=C1c2cc(N=Nc3c(O)c(C(=O)Nc4cccc(Cl)c4)cc4ccccc34)ccc2-c2ccc(N=Nc3c(O)c(C(=O)Nc4ccccc4Cl)cc4ccccc34)cc21. The molecule has 0 atom stereocenters. The third kappa shape index (κ3) is 7.08. The fraction of sp³-hybridized carbons (Fsp3) is 0. The lowest BCUT2D eigenvalue weighted by molar-refractivity contribution is 0.101. The predicted octanol–water partition coefficient (Wildman–Crippen LogP) is 13.3. The first-order valence-electron chi connectivity index (χ1n) is 18.4. The van der Waals surface area contributed by atoms with Gasteiger partial charge in [0.05, 0.1) is 33.2 Å². The highest BCUT2D eigenvalue weighted by atomic mass is 35.5. The molecule has 0 radical (unpaired) electrons. The van der Waals surface area contributed by atoms with Crippen LogP contribution in [0.4, 0.5) is 34.1 Å². The van der Waals surface area contributed by atoms with Crippen molar-refractivity contribution in [3.63, 3.8) is 0 Å². The number of nitrogens with zero attached hydrogens (tertiary/aromatic N) is 4. The van der Waals surface area contributed by atoms with Crippen molar-refractivity contribution in [1.82, 2.24) is 0 Å². The quantitative estimate of drug-likeness (QED) is 0.112. The van der Waals surface area contributed by atoms with Crippen LogP contribution >= 0.6 is 23.2 Å². The normalized spacial score (nSPS) is 12.0. The number of phenolic OH excluding ortho intramolecular Hbond substituents is 2. The Kier molecular flexibility index (Phi) is 9.81. The largest absolute Gasteiger partial charge is 0.505 e. The minimum Gasteiger partial charge on any atom is -0.505 e. The summed E-state index contributed by atoms with van der Waals surface area (Å²) in [6.45, 7) is 0. The molecule has 60 heavy (non-hydrogen) atoms. The van der Waals surface area contributed by atoms with Crippen LogP contribution in [0.25, 0.3) is 32.7 Å². The Labute approximate surface area is 351 Å². The molecule has 11 nitrogen and oxygen atoms in total. The lowest BCUT2D eigenvalue weighted by Gasteiger charge is -2.12. The van der Waals surface area contributed by atoms with Crippen LogP contribution < -0.4 is 10.6 Å². The Bertz CT molecular complexity index is 3180. The molecular weight excluding hydrogens is 799 g/mol. The number of benzene rings is 8. The number of phenols is 2. The second-order valence-corrected chi connectivity index (χ2v) is 14.6. The number of anilines is 2. The summed E-state index contributed by atoms with van der Waals surface area (Å²) in [6, 6.07) is 41.0. The molecule has 0 spiro atoms. The molecule has 1 aliphatic carbocycles. The van der Waals surface area contributed by atoms with Crippen LogP contribution in [0.2, 0.25) is 10.0 Å². The van der Waals surface area contributed by atoms with Gasteiger partial charge in [-0.1, -0.05) is 102 Å². The zero-order chi connectivity index (χ0) is 41.5. The summed E-state index contributed by atoms with van der Waals surface area (Å²) in [5, 5.41) is 49.0. The minimum absolute atomic E-state index is 0.00909. The monoisotopic (exact) mass is 826 g/mol. The zero-order valence-corrected chi connectivity index (χ0v) is 32.5. The van der Waals surface area contributed by atoms with E-state index in [0.29, 0.717) is 76.6 Å². The van der Waals surface area contributed by atoms with E-state index in [0.717, 1.165) is 0 Å². The average molecular weight is 828 g/mol. The zero-order valence-electron chi connectivity index (χ0n) is 31.0. The maximum atomic E-state index is 13.9. The topological polar surface area (TPSA) is 165 Å². The summed E-state index contributed by atoms with van der Waals surface area (Å²) in [7, 11) is 0. The van der Waals surface area contributed by atoms with Crippen LogP contribution in [0, 0.1) is 0 Å². The van der Waals surface area contributed by atoms with Crippen LogP contribution in [0.5, 0.6) is 11.5 Å². The van der Waals surface area contributed by atoms with Crippen LogP contribution in [-0.4, -0.2) is 27.8 Å². The van der Waals surface area contributed by atoms with Gasteiger partial charge in [0, 0.05) is 32.6 Å². The van der Waals surface area contributed by atoms with E-state index in [4.69, 9.17) is 23.2 Å². The van der Waals surface area contributed by atoms with Crippen molar-refractivity contribution < 1.29 is 24.6 Å². The third-order valence-electron chi connectivity index (χ3n) is 10.0. The average Bonchev–Trinajstić information content (AvgIpc) is 3.53. The number of carbonyl (C=O) groups is 3. The molecule has 0 aliphatic heterocycles. The van der Waals surface area contributed by atoms with Gasteiger partial charge < -0.3 is 20.8 Å². The molecule has 9 rings (SSSR count). The highest BCUT2D eigenvalue weighted by Gasteiger charge is 2.28. The van der Waals surface area contributed by atoms with Gasteiger partial charge in [-0.15, -0.1) is 10.2 Å². The fourth-order valence-electron chi connectivity index (χ4n) is 7.10. The summed E-state index contributed by atoms with van der Waals surface area (Å²) >= 11 is 12.4. The number of halogens is 2. The number of hydrogen-bond acceptors (Lipinski definition) is 9. The Morgan fingerprint density at radius 2 is 1.02 bits per heavy atom. The van der Waals surface area contributed by atoms with Crippen molar-refractivity contribution in [1.29, 1.82) is 0 Å². The molecule has 0 saturated heterocycles. The van der Waals surface area contributed by atoms with E-state index in [2.05, 4.69) is 31.1 Å². The van der Waals surface area contributed by atoms with Crippen molar-refractivity contribution in [2.45, 2.75) is 0 Å². The number of para-hydroxylation sites is 1. The van der Waals surface area contributed by atoms with Crippen LogP contribution in [0.15, 0.2) is 166 Å². The lowest BCUT2D eigenvalue weighted by Crippen LogP contribution is -2.12. The molecule has 2 amide bonds. The summed E-state index contributed by atoms with van der Waals surface area (Å²) in [5.41, 5.74) is 3.80. The second kappa shape index (κ2) is 15.6. The van der Waals surface area contributed by atoms with Crippen molar-refractivity contribution >= 4 is 96.5 Å². The van der Waals surface area contributed by atoms with E-state index in [1.54, 1.807) is 140 Å². The number of ketones is 1. The molecule has 0 saturated carbocycles. The number of rotatable bonds is 8. The molecule has 0 fully saturated rings. The maximum Gasteiger partial charge on any atom is 0.259 e. The summed E-state index contributed by atoms with van der Waals surface area (Å²) in [6.07, 6.45) is 0. The number of aromatic hydroxyl groups is 2. The Hall–Kier alpha value is -7.73. The lowest BCUT2D eigenvalue weighted by atomic mass is 10.0. The predicted molar refractivity (Wildman–Crippen MR) is 234 cm³/mol. The molecule has 290 valence electrons.